The zero-order valence-corrected chi connectivity index (χ0v) is 19.2. The average molecular weight is 508 g/mol. The molecule has 32 heavy (non-hydrogen) atoms. The number of rotatable bonds is 9. The average Bonchev–Trinajstić information content (AvgIpc) is 3.39. The number of carbonyl (C=O) groups is 1. The van der Waals surface area contributed by atoms with Crippen LogP contribution in [0.2, 0.25) is 0 Å². The summed E-state index contributed by atoms with van der Waals surface area (Å²) in [6.45, 7) is 5.84. The van der Waals surface area contributed by atoms with Crippen LogP contribution in [0.5, 0.6) is 11.5 Å². The smallest absolute Gasteiger partial charge is 0.293 e. The maximum absolute atomic E-state index is 12.8. The summed E-state index contributed by atoms with van der Waals surface area (Å²) >= 11 is 3.24. The van der Waals surface area contributed by atoms with Gasteiger partial charge in [0.1, 0.15) is 0 Å². The number of nitrogens with one attached hydrogen (secondary N) is 1. The van der Waals surface area contributed by atoms with E-state index >= 15 is 0 Å². The second kappa shape index (κ2) is 10.2. The Morgan fingerprint density at radius 3 is 2.78 bits per heavy atom. The van der Waals surface area contributed by atoms with E-state index in [2.05, 4.69) is 56.6 Å². The van der Waals surface area contributed by atoms with Crippen molar-refractivity contribution in [2.75, 3.05) is 25.9 Å². The lowest BCUT2D eigenvalue weighted by Gasteiger charge is -2.18. The van der Waals surface area contributed by atoms with Crippen LogP contribution >= 0.6 is 15.9 Å². The molecule has 0 aliphatic heterocycles. The van der Waals surface area contributed by atoms with Crippen molar-refractivity contribution >= 4 is 33.9 Å². The van der Waals surface area contributed by atoms with Crippen molar-refractivity contribution in [1.29, 1.82) is 0 Å². The zero-order chi connectivity index (χ0) is 23.3. The molecule has 0 aliphatic carbocycles. The Bertz CT molecular complexity index is 1120. The molecule has 4 N–H and O–H groups in total. The van der Waals surface area contributed by atoms with E-state index in [1.54, 1.807) is 12.1 Å². The van der Waals surface area contributed by atoms with Crippen LogP contribution < -0.4 is 15.9 Å². The number of aromatic hydroxyl groups is 1. The summed E-state index contributed by atoms with van der Waals surface area (Å²) in [6.07, 6.45) is 1.40. The molecule has 13 nitrogen and oxygen atoms in total. The molecule has 0 aliphatic rings. The van der Waals surface area contributed by atoms with Gasteiger partial charge in [-0.25, -0.2) is 10.1 Å². The van der Waals surface area contributed by atoms with Gasteiger partial charge in [0, 0.05) is 6.54 Å². The molecule has 0 bridgehead atoms. The van der Waals surface area contributed by atoms with Gasteiger partial charge in [-0.05, 0) is 57.0 Å². The predicted molar refractivity (Wildman–Crippen MR) is 118 cm³/mol. The van der Waals surface area contributed by atoms with Gasteiger partial charge in [0.25, 0.3) is 5.91 Å². The molecule has 0 radical (unpaired) electrons. The van der Waals surface area contributed by atoms with E-state index in [0.717, 1.165) is 13.1 Å². The van der Waals surface area contributed by atoms with Gasteiger partial charge in [0.05, 0.1) is 23.5 Å². The Morgan fingerprint density at radius 1 is 1.41 bits per heavy atom. The summed E-state index contributed by atoms with van der Waals surface area (Å²) < 4.78 is 11.5. The van der Waals surface area contributed by atoms with Crippen molar-refractivity contribution in [2.45, 2.75) is 20.4 Å². The minimum absolute atomic E-state index is 0.0209. The normalized spacial score (nSPS) is 11.4. The summed E-state index contributed by atoms with van der Waals surface area (Å²) in [5.74, 6) is -0.186. The predicted octanol–water partition coefficient (Wildman–Crippen LogP) is 1.31. The van der Waals surface area contributed by atoms with E-state index in [1.807, 2.05) is 13.8 Å². The number of methoxy groups -OCH3 is 1. The molecule has 3 rings (SSSR count). The number of benzene rings is 1. The van der Waals surface area contributed by atoms with Crippen molar-refractivity contribution in [3.63, 3.8) is 0 Å². The fraction of sp³-hybridized carbons (Fsp3) is 0.333. The molecular formula is C18H22BrN9O4. The summed E-state index contributed by atoms with van der Waals surface area (Å²) in [6, 6.07) is 3.19. The largest absolute Gasteiger partial charge is 0.503 e. The van der Waals surface area contributed by atoms with Gasteiger partial charge in [-0.3, -0.25) is 9.69 Å². The Morgan fingerprint density at radius 2 is 2.16 bits per heavy atom. The highest BCUT2D eigenvalue weighted by molar-refractivity contribution is 9.10. The summed E-state index contributed by atoms with van der Waals surface area (Å²) in [4.78, 5) is 14.9. The fourth-order valence-electron chi connectivity index (χ4n) is 2.83. The van der Waals surface area contributed by atoms with Crippen LogP contribution in [0.25, 0.3) is 5.82 Å². The first kappa shape index (κ1) is 23.1. The van der Waals surface area contributed by atoms with Crippen LogP contribution in [-0.4, -0.2) is 67.6 Å². The van der Waals surface area contributed by atoms with Gasteiger partial charge in [-0.1, -0.05) is 19.1 Å². The first-order chi connectivity index (χ1) is 15.4. The molecule has 3 aromatic rings. The summed E-state index contributed by atoms with van der Waals surface area (Å²) in [5, 5.41) is 29.2. The van der Waals surface area contributed by atoms with Crippen LogP contribution in [0.4, 0.5) is 5.82 Å². The number of phenols is 1. The monoisotopic (exact) mass is 507 g/mol. The quantitative estimate of drug-likeness (QED) is 0.283. The standard InChI is InChI=1S/C18H22BrN9O4/c1-4-27(5-2)9-12-14(22-26-28(12)17-16(20)24-32-25-17)18(30)23-21-8-10-6-11(19)15(29)13(7-10)31-3/h6-8,29H,4-5,9H2,1-3H3,(H2,20,24)(H,23,30)/b21-8-. The number of nitrogens with two attached hydrogens (primary N) is 1. The van der Waals surface area contributed by atoms with Crippen molar-refractivity contribution in [3.05, 3.63) is 33.6 Å². The number of phenolic OH excluding ortho intramolecular Hbond substituents is 1. The molecule has 0 saturated heterocycles. The van der Waals surface area contributed by atoms with Crippen LogP contribution in [0.1, 0.15) is 35.6 Å². The second-order valence-electron chi connectivity index (χ2n) is 6.48. The van der Waals surface area contributed by atoms with Crippen LogP contribution in [0.3, 0.4) is 0 Å². The van der Waals surface area contributed by atoms with Gasteiger partial charge in [-0.2, -0.15) is 9.78 Å². The fourth-order valence-corrected chi connectivity index (χ4v) is 3.29. The van der Waals surface area contributed by atoms with Gasteiger partial charge in [-0.15, -0.1) is 5.10 Å². The Hall–Kier alpha value is -3.52. The first-order valence-electron chi connectivity index (χ1n) is 9.54. The maximum atomic E-state index is 12.8. The number of hydrogen-bond donors (Lipinski definition) is 3. The number of ether oxygens (including phenoxy) is 1. The third-order valence-electron chi connectivity index (χ3n) is 4.59. The first-order valence-corrected chi connectivity index (χ1v) is 10.3. The Kier molecular flexibility index (Phi) is 7.37. The van der Waals surface area contributed by atoms with Crippen molar-refractivity contribution in [1.82, 2.24) is 35.6 Å². The molecule has 170 valence electrons. The molecule has 0 unspecified atom stereocenters. The number of aromatic nitrogens is 5. The molecule has 0 spiro atoms. The Labute approximate surface area is 191 Å². The molecule has 0 saturated carbocycles. The SMILES string of the molecule is CCN(CC)Cc1c(C(=O)N/N=C\c2cc(Br)c(O)c(OC)c2)nnn1-c1nonc1N. The summed E-state index contributed by atoms with van der Waals surface area (Å²) in [7, 11) is 1.43. The highest BCUT2D eigenvalue weighted by atomic mass is 79.9. The third-order valence-corrected chi connectivity index (χ3v) is 5.20. The zero-order valence-electron chi connectivity index (χ0n) is 17.6. The number of carbonyl (C=O) groups excluding carboxylic acids is 1. The molecule has 2 aromatic heterocycles. The lowest BCUT2D eigenvalue weighted by atomic mass is 10.2. The molecule has 2 heterocycles. The number of nitrogens with zero attached hydrogens (tertiary/aromatic N) is 7. The van der Waals surface area contributed by atoms with Gasteiger partial charge in [0.15, 0.2) is 17.2 Å². The minimum Gasteiger partial charge on any atom is -0.503 e. The molecule has 0 fully saturated rings. The van der Waals surface area contributed by atoms with E-state index < -0.39 is 5.91 Å². The number of anilines is 1. The van der Waals surface area contributed by atoms with E-state index in [4.69, 9.17) is 10.5 Å². The summed E-state index contributed by atoms with van der Waals surface area (Å²) in [5.41, 5.74) is 9.31. The van der Waals surface area contributed by atoms with Gasteiger partial charge < -0.3 is 15.6 Å². The topological polar surface area (TPSA) is 170 Å². The highest BCUT2D eigenvalue weighted by Gasteiger charge is 2.25. The number of amides is 1. The van der Waals surface area contributed by atoms with Crippen LogP contribution in [0, 0.1) is 0 Å². The molecule has 0 atom stereocenters. The van der Waals surface area contributed by atoms with E-state index in [1.165, 1.54) is 18.0 Å². The lowest BCUT2D eigenvalue weighted by Crippen LogP contribution is -2.27. The minimum atomic E-state index is -0.575. The van der Waals surface area contributed by atoms with Crippen molar-refractivity contribution in [3.8, 4) is 17.3 Å². The maximum Gasteiger partial charge on any atom is 0.293 e. The van der Waals surface area contributed by atoms with E-state index in [9.17, 15) is 9.90 Å². The van der Waals surface area contributed by atoms with Crippen LogP contribution in [-0.2, 0) is 6.54 Å². The number of hydrogen-bond acceptors (Lipinski definition) is 11. The molecule has 1 amide bonds. The molecule has 14 heteroatoms. The molecular weight excluding hydrogens is 486 g/mol. The van der Waals surface area contributed by atoms with Crippen molar-refractivity contribution in [2.24, 2.45) is 5.10 Å². The Balaban J connectivity index is 1.86. The lowest BCUT2D eigenvalue weighted by molar-refractivity contribution is 0.0948. The second-order valence-corrected chi connectivity index (χ2v) is 7.34. The van der Waals surface area contributed by atoms with E-state index in [0.29, 0.717) is 22.3 Å². The third kappa shape index (κ3) is 4.86. The molecule has 1 aromatic carbocycles. The number of hydrazone groups is 1. The van der Waals surface area contributed by atoms with Crippen LogP contribution in [0.15, 0.2) is 26.3 Å². The van der Waals surface area contributed by atoms with Gasteiger partial charge in [0.2, 0.25) is 11.6 Å². The van der Waals surface area contributed by atoms with E-state index in [-0.39, 0.29) is 28.8 Å². The number of nitrogen functional groups attached to an aromatic ring is 1. The highest BCUT2D eigenvalue weighted by Crippen LogP contribution is 2.34. The van der Waals surface area contributed by atoms with Crippen molar-refractivity contribution < 1.29 is 19.3 Å². The number of halogens is 1. The van der Waals surface area contributed by atoms with Gasteiger partial charge >= 0.3 is 0 Å².